The van der Waals surface area contributed by atoms with Crippen molar-refractivity contribution in [3.05, 3.63) is 29.3 Å². The second-order valence-electron chi connectivity index (χ2n) is 6.06. The van der Waals surface area contributed by atoms with Crippen molar-refractivity contribution in [1.29, 1.82) is 0 Å². The lowest BCUT2D eigenvalue weighted by molar-refractivity contribution is -0.149. The Morgan fingerprint density at radius 3 is 2.57 bits per heavy atom. The molecule has 1 aromatic rings. The Morgan fingerprint density at radius 1 is 1.30 bits per heavy atom. The maximum atomic E-state index is 12.0. The molecule has 0 radical (unpaired) electrons. The van der Waals surface area contributed by atoms with E-state index in [9.17, 15) is 9.59 Å². The highest BCUT2D eigenvalue weighted by atomic mass is 16.5. The Hall–Kier alpha value is -1.88. The van der Waals surface area contributed by atoms with Crippen LogP contribution in [0.4, 0.5) is 0 Å². The molecule has 23 heavy (non-hydrogen) atoms. The minimum absolute atomic E-state index is 0.0231. The van der Waals surface area contributed by atoms with Crippen LogP contribution in [0, 0.1) is 5.92 Å². The molecular formula is C18H25NO4. The molecule has 1 saturated carbocycles. The van der Waals surface area contributed by atoms with Crippen LogP contribution >= 0.6 is 0 Å². The summed E-state index contributed by atoms with van der Waals surface area (Å²) in [5.74, 6) is 0.215. The van der Waals surface area contributed by atoms with Crippen LogP contribution in [0.1, 0.15) is 49.7 Å². The molecule has 0 heterocycles. The number of ketones is 1. The molecule has 1 aromatic carbocycles. The van der Waals surface area contributed by atoms with Gasteiger partial charge in [-0.25, -0.2) is 0 Å². The van der Waals surface area contributed by atoms with Gasteiger partial charge in [0.15, 0.2) is 0 Å². The number of ether oxygens (including phenoxy) is 2. The zero-order valence-corrected chi connectivity index (χ0v) is 13.8. The summed E-state index contributed by atoms with van der Waals surface area (Å²) in [6.07, 6.45) is 4.05. The average Bonchev–Trinajstić information content (AvgIpc) is 3.08. The number of methoxy groups -OCH3 is 1. The SMILES string of the molecule is COc1cc(C(CN)C(C)=O)ccc1COC(=O)C1CCCC1. The lowest BCUT2D eigenvalue weighted by Crippen LogP contribution is -2.19. The molecular weight excluding hydrogens is 294 g/mol. The van der Waals surface area contributed by atoms with Gasteiger partial charge in [-0.15, -0.1) is 0 Å². The molecule has 0 bridgehead atoms. The first-order valence-electron chi connectivity index (χ1n) is 8.10. The van der Waals surface area contributed by atoms with Gasteiger partial charge in [0, 0.05) is 12.1 Å². The Labute approximate surface area is 137 Å². The summed E-state index contributed by atoms with van der Waals surface area (Å²) in [6, 6.07) is 5.49. The Kier molecular flexibility index (Phi) is 6.16. The van der Waals surface area contributed by atoms with Crippen molar-refractivity contribution in [3.8, 4) is 5.75 Å². The molecule has 126 valence electrons. The molecule has 1 fully saturated rings. The first-order chi connectivity index (χ1) is 11.1. The van der Waals surface area contributed by atoms with E-state index in [0.717, 1.165) is 36.8 Å². The fourth-order valence-corrected chi connectivity index (χ4v) is 3.06. The van der Waals surface area contributed by atoms with E-state index >= 15 is 0 Å². The predicted molar refractivity (Wildman–Crippen MR) is 87.2 cm³/mol. The lowest BCUT2D eigenvalue weighted by Gasteiger charge is -2.16. The topological polar surface area (TPSA) is 78.6 Å². The van der Waals surface area contributed by atoms with Crippen molar-refractivity contribution in [2.45, 2.75) is 45.1 Å². The molecule has 0 spiro atoms. The average molecular weight is 319 g/mol. The number of carbonyl (C=O) groups is 2. The van der Waals surface area contributed by atoms with Crippen molar-refractivity contribution in [2.24, 2.45) is 11.7 Å². The van der Waals surface area contributed by atoms with E-state index in [0.29, 0.717) is 5.75 Å². The van der Waals surface area contributed by atoms with Crippen molar-refractivity contribution in [3.63, 3.8) is 0 Å². The number of nitrogens with two attached hydrogens (primary N) is 1. The number of rotatable bonds is 7. The van der Waals surface area contributed by atoms with Gasteiger partial charge in [-0.2, -0.15) is 0 Å². The second kappa shape index (κ2) is 8.11. The van der Waals surface area contributed by atoms with E-state index in [1.165, 1.54) is 6.92 Å². The van der Waals surface area contributed by atoms with Crippen LogP contribution in [0.5, 0.6) is 5.75 Å². The fraction of sp³-hybridized carbons (Fsp3) is 0.556. The van der Waals surface area contributed by atoms with Gasteiger partial charge in [0.25, 0.3) is 0 Å². The molecule has 0 aromatic heterocycles. The zero-order chi connectivity index (χ0) is 16.8. The summed E-state index contributed by atoms with van der Waals surface area (Å²) in [5.41, 5.74) is 7.29. The third kappa shape index (κ3) is 4.32. The quantitative estimate of drug-likeness (QED) is 0.781. The van der Waals surface area contributed by atoms with Crippen LogP contribution in [-0.2, 0) is 20.9 Å². The molecule has 0 saturated heterocycles. The van der Waals surface area contributed by atoms with Gasteiger partial charge < -0.3 is 15.2 Å². The standard InChI is InChI=1S/C18H25NO4/c1-12(20)16(10-19)14-7-8-15(17(9-14)22-2)11-23-18(21)13-5-3-4-6-13/h7-9,13,16H,3-6,10-11,19H2,1-2H3. The highest BCUT2D eigenvalue weighted by Gasteiger charge is 2.24. The molecule has 1 aliphatic carbocycles. The normalized spacial score (nSPS) is 16.1. The largest absolute Gasteiger partial charge is 0.496 e. The van der Waals surface area contributed by atoms with E-state index in [2.05, 4.69) is 0 Å². The molecule has 1 unspecified atom stereocenters. The van der Waals surface area contributed by atoms with Crippen LogP contribution in [0.25, 0.3) is 0 Å². The third-order valence-corrected chi connectivity index (χ3v) is 4.50. The van der Waals surface area contributed by atoms with Crippen molar-refractivity contribution >= 4 is 11.8 Å². The van der Waals surface area contributed by atoms with Gasteiger partial charge in [0.05, 0.1) is 18.9 Å². The van der Waals surface area contributed by atoms with E-state index in [1.54, 1.807) is 13.2 Å². The molecule has 5 heteroatoms. The summed E-state index contributed by atoms with van der Waals surface area (Å²) in [5, 5.41) is 0. The third-order valence-electron chi connectivity index (χ3n) is 4.50. The van der Waals surface area contributed by atoms with E-state index in [-0.39, 0.29) is 36.7 Å². The first-order valence-corrected chi connectivity index (χ1v) is 8.10. The van der Waals surface area contributed by atoms with Gasteiger partial charge in [0.2, 0.25) is 0 Å². The van der Waals surface area contributed by atoms with Crippen molar-refractivity contribution in [1.82, 2.24) is 0 Å². The maximum Gasteiger partial charge on any atom is 0.309 e. The van der Waals surface area contributed by atoms with Crippen LogP contribution in [0.3, 0.4) is 0 Å². The number of Topliss-reactive ketones (excluding diaryl/α,β-unsaturated/α-hetero) is 1. The molecule has 0 aliphatic heterocycles. The monoisotopic (exact) mass is 319 g/mol. The molecule has 2 N–H and O–H groups in total. The number of hydrogen-bond donors (Lipinski definition) is 1. The summed E-state index contributed by atoms with van der Waals surface area (Å²) in [4.78, 5) is 23.6. The number of carbonyl (C=O) groups excluding carboxylic acids is 2. The van der Waals surface area contributed by atoms with E-state index in [4.69, 9.17) is 15.2 Å². The van der Waals surface area contributed by atoms with Gasteiger partial charge in [0.1, 0.15) is 18.1 Å². The first kappa shape index (κ1) is 17.5. The fourth-order valence-electron chi connectivity index (χ4n) is 3.06. The van der Waals surface area contributed by atoms with Crippen molar-refractivity contribution < 1.29 is 19.1 Å². The molecule has 1 atom stereocenters. The minimum Gasteiger partial charge on any atom is -0.496 e. The lowest BCUT2D eigenvalue weighted by atomic mass is 9.94. The Balaban J connectivity index is 2.07. The van der Waals surface area contributed by atoms with E-state index in [1.807, 2.05) is 12.1 Å². The maximum absolute atomic E-state index is 12.0. The highest BCUT2D eigenvalue weighted by molar-refractivity contribution is 5.83. The Bertz CT molecular complexity index is 564. The minimum atomic E-state index is -0.334. The summed E-state index contributed by atoms with van der Waals surface area (Å²) in [6.45, 7) is 1.97. The zero-order valence-electron chi connectivity index (χ0n) is 13.8. The smallest absolute Gasteiger partial charge is 0.309 e. The molecule has 0 amide bonds. The van der Waals surface area contributed by atoms with Crippen LogP contribution in [0.2, 0.25) is 0 Å². The van der Waals surface area contributed by atoms with Crippen LogP contribution in [-0.4, -0.2) is 25.4 Å². The summed E-state index contributed by atoms with van der Waals surface area (Å²) < 4.78 is 10.8. The summed E-state index contributed by atoms with van der Waals surface area (Å²) in [7, 11) is 1.56. The second-order valence-corrected chi connectivity index (χ2v) is 6.06. The predicted octanol–water partition coefficient (Wildman–Crippen LogP) is 2.56. The van der Waals surface area contributed by atoms with Gasteiger partial charge >= 0.3 is 5.97 Å². The highest BCUT2D eigenvalue weighted by Crippen LogP contribution is 2.28. The number of benzene rings is 1. The van der Waals surface area contributed by atoms with Crippen LogP contribution < -0.4 is 10.5 Å². The molecule has 5 nitrogen and oxygen atoms in total. The number of hydrogen-bond acceptors (Lipinski definition) is 5. The van der Waals surface area contributed by atoms with E-state index < -0.39 is 0 Å². The van der Waals surface area contributed by atoms with Gasteiger partial charge in [-0.3, -0.25) is 9.59 Å². The van der Waals surface area contributed by atoms with Crippen LogP contribution in [0.15, 0.2) is 18.2 Å². The van der Waals surface area contributed by atoms with Gasteiger partial charge in [-0.1, -0.05) is 25.0 Å². The molecule has 2 rings (SSSR count). The summed E-state index contributed by atoms with van der Waals surface area (Å²) >= 11 is 0. The van der Waals surface area contributed by atoms with Crippen molar-refractivity contribution in [2.75, 3.05) is 13.7 Å². The molecule has 1 aliphatic rings. The Morgan fingerprint density at radius 2 is 2.00 bits per heavy atom. The number of esters is 1. The van der Waals surface area contributed by atoms with Gasteiger partial charge in [-0.05, 0) is 31.4 Å².